The molecule has 2 aromatic heterocycles. The van der Waals surface area contributed by atoms with E-state index in [0.717, 1.165) is 39.6 Å². The van der Waals surface area contributed by atoms with E-state index in [1.54, 1.807) is 13.3 Å². The third-order valence-electron chi connectivity index (χ3n) is 4.56. The van der Waals surface area contributed by atoms with Gasteiger partial charge in [0.15, 0.2) is 11.5 Å². The number of nitrogens with one attached hydrogen (secondary N) is 1. The lowest BCUT2D eigenvalue weighted by atomic mass is 10.1. The van der Waals surface area contributed by atoms with Gasteiger partial charge < -0.3 is 19.2 Å². The molecule has 0 aliphatic carbocycles. The van der Waals surface area contributed by atoms with Crippen LogP contribution < -0.4 is 14.2 Å². The highest BCUT2D eigenvalue weighted by molar-refractivity contribution is 7.71. The van der Waals surface area contributed by atoms with Crippen LogP contribution in [0, 0.1) is 4.64 Å². The first-order valence-corrected chi connectivity index (χ1v) is 8.78. The monoisotopic (exact) mass is 377 g/mol. The van der Waals surface area contributed by atoms with Crippen LogP contribution in [0.2, 0.25) is 0 Å². The Hall–Kier alpha value is -3.32. The number of fused-ring (bicyclic) bond motifs is 2. The lowest BCUT2D eigenvalue weighted by molar-refractivity contribution is 0.174. The molecule has 2 aromatic carbocycles. The Morgan fingerprint density at radius 3 is 2.89 bits per heavy atom. The summed E-state index contributed by atoms with van der Waals surface area (Å²) in [7, 11) is 1.65. The number of H-pyrrole nitrogens is 1. The Morgan fingerprint density at radius 2 is 2.00 bits per heavy atom. The number of benzene rings is 2. The average molecular weight is 377 g/mol. The van der Waals surface area contributed by atoms with Gasteiger partial charge >= 0.3 is 0 Å². The second-order valence-corrected chi connectivity index (χ2v) is 6.53. The van der Waals surface area contributed by atoms with Gasteiger partial charge in [0.05, 0.1) is 12.8 Å². The summed E-state index contributed by atoms with van der Waals surface area (Å²) in [5.41, 5.74) is 3.71. The first kappa shape index (κ1) is 15.9. The molecule has 0 unspecified atom stereocenters. The fourth-order valence-electron chi connectivity index (χ4n) is 3.16. The van der Waals surface area contributed by atoms with Gasteiger partial charge in [-0.15, -0.1) is 0 Å². The molecule has 4 aromatic rings. The molecule has 0 spiro atoms. The van der Waals surface area contributed by atoms with Crippen LogP contribution in [0.25, 0.3) is 28.2 Å². The highest BCUT2D eigenvalue weighted by Gasteiger charge is 2.15. The molecule has 1 N–H and O–H groups in total. The molecule has 0 radical (unpaired) electrons. The normalized spacial score (nSPS) is 12.5. The number of imidazole rings is 1. The summed E-state index contributed by atoms with van der Waals surface area (Å²) in [6.07, 6.45) is 3.73. The summed E-state index contributed by atoms with van der Waals surface area (Å²) in [4.78, 5) is 7.85. The maximum atomic E-state index is 5.72. The fourth-order valence-corrected chi connectivity index (χ4v) is 3.47. The number of aromatic amines is 1. The van der Waals surface area contributed by atoms with Crippen molar-refractivity contribution in [2.45, 2.75) is 0 Å². The van der Waals surface area contributed by atoms with Gasteiger partial charge in [-0.2, -0.15) is 0 Å². The lowest BCUT2D eigenvalue weighted by Crippen LogP contribution is -1.93. The Kier molecular flexibility index (Phi) is 3.61. The minimum absolute atomic E-state index is 0.252. The molecular weight excluding hydrogens is 362 g/mol. The van der Waals surface area contributed by atoms with E-state index in [1.165, 1.54) is 0 Å². The molecule has 27 heavy (non-hydrogen) atoms. The Bertz CT molecular complexity index is 1230. The van der Waals surface area contributed by atoms with E-state index in [9.17, 15) is 0 Å². The second-order valence-electron chi connectivity index (χ2n) is 6.14. The second kappa shape index (κ2) is 6.14. The molecule has 0 atom stereocenters. The highest BCUT2D eigenvalue weighted by atomic mass is 32.1. The molecule has 1 aliphatic heterocycles. The van der Waals surface area contributed by atoms with Crippen molar-refractivity contribution >= 4 is 18.0 Å². The third kappa shape index (κ3) is 2.63. The zero-order chi connectivity index (χ0) is 18.4. The van der Waals surface area contributed by atoms with Gasteiger partial charge in [0.1, 0.15) is 10.4 Å². The van der Waals surface area contributed by atoms with Crippen molar-refractivity contribution in [2.24, 2.45) is 0 Å². The molecule has 0 fully saturated rings. The van der Waals surface area contributed by atoms with Crippen molar-refractivity contribution < 1.29 is 14.2 Å². The topological polar surface area (TPSA) is 60.8 Å². The lowest BCUT2D eigenvalue weighted by Gasteiger charge is -2.05. The van der Waals surface area contributed by atoms with Crippen LogP contribution in [-0.4, -0.2) is 28.3 Å². The SMILES string of the molecule is COc1cccc(-c2cnc3[nH]c(-c4ccc5c(c4)OCO5)cn3c2=S)c1. The summed E-state index contributed by atoms with van der Waals surface area (Å²) in [5, 5.41) is 0. The number of hydrogen-bond donors (Lipinski definition) is 1. The molecule has 3 heterocycles. The van der Waals surface area contributed by atoms with Gasteiger partial charge in [-0.1, -0.05) is 24.4 Å². The van der Waals surface area contributed by atoms with E-state index < -0.39 is 0 Å². The summed E-state index contributed by atoms with van der Waals surface area (Å²) < 4.78 is 18.7. The minimum Gasteiger partial charge on any atom is -0.497 e. The number of hydrogen-bond acceptors (Lipinski definition) is 5. The average Bonchev–Trinajstić information content (AvgIpc) is 3.35. The molecule has 134 valence electrons. The largest absolute Gasteiger partial charge is 0.497 e. The molecule has 6 nitrogen and oxygen atoms in total. The van der Waals surface area contributed by atoms with E-state index >= 15 is 0 Å². The summed E-state index contributed by atoms with van der Waals surface area (Å²) in [6, 6.07) is 13.6. The quantitative estimate of drug-likeness (QED) is 0.534. The predicted octanol–water partition coefficient (Wildman–Crippen LogP) is 4.46. The van der Waals surface area contributed by atoms with E-state index in [-0.39, 0.29) is 6.79 Å². The highest BCUT2D eigenvalue weighted by Crippen LogP contribution is 2.35. The van der Waals surface area contributed by atoms with Crippen molar-refractivity contribution in [3.05, 3.63) is 59.5 Å². The molecule has 0 bridgehead atoms. The molecule has 0 amide bonds. The predicted molar refractivity (Wildman–Crippen MR) is 104 cm³/mol. The van der Waals surface area contributed by atoms with E-state index in [1.807, 2.05) is 53.1 Å². The van der Waals surface area contributed by atoms with Crippen molar-refractivity contribution in [3.8, 4) is 39.6 Å². The molecule has 0 saturated heterocycles. The fraction of sp³-hybridized carbons (Fsp3) is 0.100. The van der Waals surface area contributed by atoms with Crippen LogP contribution >= 0.6 is 12.2 Å². The maximum absolute atomic E-state index is 5.72. The zero-order valence-electron chi connectivity index (χ0n) is 14.4. The van der Waals surface area contributed by atoms with Gasteiger partial charge in [-0.25, -0.2) is 4.98 Å². The standard InChI is InChI=1S/C20H15N3O3S/c1-24-14-4-2-3-12(7-14)15-9-21-20-22-16(10-23(20)19(15)27)13-5-6-17-18(8-13)26-11-25-17/h2-10H,11H2,1H3,(H,21,22). The number of ether oxygens (including phenoxy) is 3. The van der Waals surface area contributed by atoms with E-state index in [2.05, 4.69) is 9.97 Å². The van der Waals surface area contributed by atoms with Crippen molar-refractivity contribution in [1.29, 1.82) is 0 Å². The third-order valence-corrected chi connectivity index (χ3v) is 4.98. The smallest absolute Gasteiger partial charge is 0.231 e. The van der Waals surface area contributed by atoms with Crippen LogP contribution in [0.3, 0.4) is 0 Å². The maximum Gasteiger partial charge on any atom is 0.231 e. The van der Waals surface area contributed by atoms with Crippen molar-refractivity contribution in [3.63, 3.8) is 0 Å². The summed E-state index contributed by atoms with van der Waals surface area (Å²) in [5.74, 6) is 2.95. The Morgan fingerprint density at radius 1 is 1.11 bits per heavy atom. The van der Waals surface area contributed by atoms with Crippen LogP contribution in [0.5, 0.6) is 17.2 Å². The van der Waals surface area contributed by atoms with Crippen LogP contribution in [0.1, 0.15) is 0 Å². The van der Waals surface area contributed by atoms with Gasteiger partial charge in [-0.3, -0.25) is 4.40 Å². The van der Waals surface area contributed by atoms with Gasteiger partial charge in [-0.05, 0) is 35.9 Å². The Labute approximate surface area is 160 Å². The number of nitrogens with zero attached hydrogens (tertiary/aromatic N) is 2. The first-order chi connectivity index (χ1) is 13.2. The summed E-state index contributed by atoms with van der Waals surface area (Å²) >= 11 is 5.72. The van der Waals surface area contributed by atoms with Gasteiger partial charge in [0.25, 0.3) is 0 Å². The number of aromatic nitrogens is 3. The van der Waals surface area contributed by atoms with E-state index in [4.69, 9.17) is 26.4 Å². The van der Waals surface area contributed by atoms with Gasteiger partial charge in [0.2, 0.25) is 12.6 Å². The number of rotatable bonds is 3. The van der Waals surface area contributed by atoms with Crippen LogP contribution in [-0.2, 0) is 0 Å². The van der Waals surface area contributed by atoms with Crippen molar-refractivity contribution in [1.82, 2.24) is 14.4 Å². The van der Waals surface area contributed by atoms with Crippen LogP contribution in [0.15, 0.2) is 54.9 Å². The molecular formula is C20H15N3O3S. The number of methoxy groups -OCH3 is 1. The molecule has 7 heteroatoms. The first-order valence-electron chi connectivity index (χ1n) is 8.38. The molecule has 1 aliphatic rings. The van der Waals surface area contributed by atoms with Crippen LogP contribution in [0.4, 0.5) is 0 Å². The minimum atomic E-state index is 0.252. The molecule has 5 rings (SSSR count). The van der Waals surface area contributed by atoms with Crippen molar-refractivity contribution in [2.75, 3.05) is 13.9 Å². The summed E-state index contributed by atoms with van der Waals surface area (Å²) in [6.45, 7) is 0.252. The Balaban J connectivity index is 1.62. The van der Waals surface area contributed by atoms with E-state index in [0.29, 0.717) is 10.4 Å². The zero-order valence-corrected chi connectivity index (χ0v) is 15.2. The van der Waals surface area contributed by atoms with Gasteiger partial charge in [0, 0.05) is 23.5 Å². The molecule has 0 saturated carbocycles.